The number of alkyl halides is 1. The number of hydrogen-bond acceptors (Lipinski definition) is 4. The number of hydrazone groups is 1. The predicted molar refractivity (Wildman–Crippen MR) is 46.7 cm³/mol. The Hall–Kier alpha value is -0.970. The van der Waals surface area contributed by atoms with Gasteiger partial charge in [-0.1, -0.05) is 0 Å². The smallest absolute Gasteiger partial charge is 0.125 e. The molecule has 0 spiro atoms. The Bertz CT molecular complexity index is 141. The third kappa shape index (κ3) is 7.14. The van der Waals surface area contributed by atoms with Crippen molar-refractivity contribution < 1.29 is 9.13 Å². The van der Waals surface area contributed by atoms with Gasteiger partial charge in [-0.3, -0.25) is 0 Å². The third-order valence-electron chi connectivity index (χ3n) is 1.16. The maximum absolute atomic E-state index is 12.7. The molecule has 0 aliphatic heterocycles. The average molecular weight is 175 g/mol. The first-order valence-electron chi connectivity index (χ1n) is 3.69. The minimum absolute atomic E-state index is 0.121. The van der Waals surface area contributed by atoms with Crippen LogP contribution in [0.2, 0.25) is 0 Å². The fourth-order valence-electron chi connectivity index (χ4n) is 0.640. The van der Waals surface area contributed by atoms with Crippen LogP contribution in [0.15, 0.2) is 5.10 Å². The molecule has 0 heterocycles. The van der Waals surface area contributed by atoms with E-state index < -0.39 is 6.17 Å². The highest BCUT2D eigenvalue weighted by Gasteiger charge is 2.03. The number of hydrogen-bond donors (Lipinski definition) is 2. The zero-order valence-corrected chi connectivity index (χ0v) is 7.09. The van der Waals surface area contributed by atoms with Crippen molar-refractivity contribution in [2.24, 2.45) is 5.10 Å². The molecule has 0 aromatic rings. The maximum atomic E-state index is 12.7. The average Bonchev–Trinajstić information content (AvgIpc) is 2.05. The van der Waals surface area contributed by atoms with E-state index in [1.807, 2.05) is 0 Å². The number of methoxy groups -OCH3 is 1. The summed E-state index contributed by atoms with van der Waals surface area (Å²) >= 11 is 0. The molecule has 1 atom stereocenters. The Balaban J connectivity index is 3.18. The first-order chi connectivity index (χ1) is 5.81. The lowest BCUT2D eigenvalue weighted by Gasteiger charge is -2.05. The fourth-order valence-corrected chi connectivity index (χ4v) is 0.640. The quantitative estimate of drug-likeness (QED) is 0.338. The lowest BCUT2D eigenvalue weighted by molar-refractivity contribution is 0.119. The van der Waals surface area contributed by atoms with Crippen molar-refractivity contribution in [1.82, 2.24) is 5.43 Å². The SMILES string of the molecule is COCC(F)CCN/N=C\C=N. The molecule has 0 fully saturated rings. The number of ether oxygens (including phenoxy) is 1. The van der Waals surface area contributed by atoms with Crippen LogP contribution in [0.4, 0.5) is 4.39 Å². The van der Waals surface area contributed by atoms with Gasteiger partial charge in [-0.15, -0.1) is 0 Å². The molecule has 5 heteroatoms. The highest BCUT2D eigenvalue weighted by atomic mass is 19.1. The van der Waals surface area contributed by atoms with Crippen LogP contribution in [0.5, 0.6) is 0 Å². The summed E-state index contributed by atoms with van der Waals surface area (Å²) in [6.45, 7) is 0.574. The van der Waals surface area contributed by atoms with Gasteiger partial charge in [-0.2, -0.15) is 5.10 Å². The van der Waals surface area contributed by atoms with E-state index in [9.17, 15) is 4.39 Å². The summed E-state index contributed by atoms with van der Waals surface area (Å²) < 4.78 is 17.3. The zero-order valence-electron chi connectivity index (χ0n) is 7.09. The van der Waals surface area contributed by atoms with Gasteiger partial charge in [0.1, 0.15) is 6.17 Å². The predicted octanol–water partition coefficient (Wildman–Crippen LogP) is 0.586. The van der Waals surface area contributed by atoms with E-state index in [0.717, 1.165) is 6.21 Å². The van der Waals surface area contributed by atoms with Gasteiger partial charge in [-0.25, -0.2) is 4.39 Å². The van der Waals surface area contributed by atoms with Gasteiger partial charge in [-0.05, 0) is 6.42 Å². The molecule has 0 amide bonds. The van der Waals surface area contributed by atoms with Crippen LogP contribution in [-0.2, 0) is 4.74 Å². The molecular weight excluding hydrogens is 161 g/mol. The van der Waals surface area contributed by atoms with Crippen molar-refractivity contribution in [1.29, 1.82) is 5.41 Å². The summed E-state index contributed by atoms with van der Waals surface area (Å²) in [5.41, 5.74) is 2.60. The van der Waals surface area contributed by atoms with Gasteiger partial charge in [0.15, 0.2) is 0 Å². The second-order valence-corrected chi connectivity index (χ2v) is 2.19. The molecule has 4 nitrogen and oxygen atoms in total. The Morgan fingerprint density at radius 2 is 2.50 bits per heavy atom. The fraction of sp³-hybridized carbons (Fsp3) is 0.714. The monoisotopic (exact) mass is 175 g/mol. The standard InChI is InChI=1S/C7H14FN3O/c1-12-6-7(8)2-4-10-11-5-3-9/h3,5,7,9-10H,2,4,6H2,1H3/b9-3?,11-5-. The number of rotatable bonds is 7. The Kier molecular flexibility index (Phi) is 7.47. The Morgan fingerprint density at radius 3 is 3.08 bits per heavy atom. The van der Waals surface area contributed by atoms with E-state index in [1.54, 1.807) is 0 Å². The zero-order chi connectivity index (χ0) is 9.23. The Labute approximate surface area is 71.3 Å². The van der Waals surface area contributed by atoms with Gasteiger partial charge < -0.3 is 15.6 Å². The van der Waals surface area contributed by atoms with E-state index in [4.69, 9.17) is 5.41 Å². The summed E-state index contributed by atoms with van der Waals surface area (Å²) in [5.74, 6) is 0. The number of halogens is 1. The lowest BCUT2D eigenvalue weighted by atomic mass is 10.3. The first kappa shape index (κ1) is 11.0. The summed E-state index contributed by atoms with van der Waals surface area (Å²) in [7, 11) is 1.47. The van der Waals surface area contributed by atoms with E-state index in [1.165, 1.54) is 13.3 Å². The molecule has 0 aliphatic carbocycles. The van der Waals surface area contributed by atoms with E-state index in [-0.39, 0.29) is 6.61 Å². The molecule has 2 N–H and O–H groups in total. The van der Waals surface area contributed by atoms with Gasteiger partial charge in [0.25, 0.3) is 0 Å². The molecule has 0 aromatic heterocycles. The third-order valence-corrected chi connectivity index (χ3v) is 1.16. The number of nitrogens with zero attached hydrogens (tertiary/aromatic N) is 1. The van der Waals surface area contributed by atoms with Crippen molar-refractivity contribution in [3.8, 4) is 0 Å². The van der Waals surface area contributed by atoms with Crippen LogP contribution < -0.4 is 5.43 Å². The largest absolute Gasteiger partial charge is 0.382 e. The number of nitrogens with one attached hydrogen (secondary N) is 2. The van der Waals surface area contributed by atoms with Crippen LogP contribution in [0.25, 0.3) is 0 Å². The summed E-state index contributed by atoms with van der Waals surface area (Å²) in [4.78, 5) is 0. The van der Waals surface area contributed by atoms with Crippen LogP contribution in [0.1, 0.15) is 6.42 Å². The van der Waals surface area contributed by atoms with Gasteiger partial charge in [0.2, 0.25) is 0 Å². The minimum atomic E-state index is -0.947. The molecule has 0 aromatic carbocycles. The molecule has 0 rings (SSSR count). The van der Waals surface area contributed by atoms with Crippen LogP contribution in [-0.4, -0.2) is 38.9 Å². The van der Waals surface area contributed by atoms with E-state index >= 15 is 0 Å². The van der Waals surface area contributed by atoms with Crippen molar-refractivity contribution in [3.05, 3.63) is 0 Å². The maximum Gasteiger partial charge on any atom is 0.125 e. The summed E-state index contributed by atoms with van der Waals surface area (Å²) in [6.07, 6.45) is 1.76. The molecular formula is C7H14FN3O. The van der Waals surface area contributed by atoms with Crippen molar-refractivity contribution in [2.75, 3.05) is 20.3 Å². The topological polar surface area (TPSA) is 57.5 Å². The molecule has 0 radical (unpaired) electrons. The highest BCUT2D eigenvalue weighted by Crippen LogP contribution is 1.95. The summed E-state index contributed by atoms with van der Waals surface area (Å²) in [5, 5.41) is 10.2. The summed E-state index contributed by atoms with van der Waals surface area (Å²) in [6, 6.07) is 0. The Morgan fingerprint density at radius 1 is 1.75 bits per heavy atom. The first-order valence-corrected chi connectivity index (χ1v) is 3.69. The molecule has 0 saturated carbocycles. The molecule has 12 heavy (non-hydrogen) atoms. The van der Waals surface area contributed by atoms with Crippen molar-refractivity contribution in [3.63, 3.8) is 0 Å². The van der Waals surface area contributed by atoms with E-state index in [2.05, 4.69) is 15.3 Å². The van der Waals surface area contributed by atoms with Gasteiger partial charge in [0, 0.05) is 19.9 Å². The second-order valence-electron chi connectivity index (χ2n) is 2.19. The highest BCUT2D eigenvalue weighted by molar-refractivity contribution is 6.14. The molecule has 1 unspecified atom stereocenters. The van der Waals surface area contributed by atoms with Crippen molar-refractivity contribution >= 4 is 12.4 Å². The molecule has 0 saturated heterocycles. The lowest BCUT2D eigenvalue weighted by Crippen LogP contribution is -2.17. The van der Waals surface area contributed by atoms with Crippen LogP contribution in [0.3, 0.4) is 0 Å². The van der Waals surface area contributed by atoms with Crippen LogP contribution in [0, 0.1) is 5.41 Å². The second kappa shape index (κ2) is 8.13. The molecule has 0 bridgehead atoms. The van der Waals surface area contributed by atoms with Gasteiger partial charge in [0.05, 0.1) is 12.8 Å². The minimum Gasteiger partial charge on any atom is -0.382 e. The van der Waals surface area contributed by atoms with Gasteiger partial charge >= 0.3 is 0 Å². The van der Waals surface area contributed by atoms with Crippen LogP contribution >= 0.6 is 0 Å². The molecule has 0 aliphatic rings. The van der Waals surface area contributed by atoms with E-state index in [0.29, 0.717) is 13.0 Å². The molecule has 70 valence electrons. The normalized spacial score (nSPS) is 13.2. The van der Waals surface area contributed by atoms with Crippen molar-refractivity contribution in [2.45, 2.75) is 12.6 Å².